The molecule has 2 aromatic rings. The summed E-state index contributed by atoms with van der Waals surface area (Å²) in [4.78, 5) is 0. The molecular formula is C18H19NO. The molecule has 0 aliphatic carbocycles. The van der Waals surface area contributed by atoms with Gasteiger partial charge in [-0.3, -0.25) is 0 Å². The third-order valence-electron chi connectivity index (χ3n) is 3.19. The Hall–Kier alpha value is -2.27. The Morgan fingerprint density at radius 2 is 1.80 bits per heavy atom. The van der Waals surface area contributed by atoms with Crippen LogP contribution in [0.5, 0.6) is 11.5 Å². The molecule has 0 aliphatic heterocycles. The second-order valence-corrected chi connectivity index (χ2v) is 5.99. The fraction of sp³-hybridized carbons (Fsp3) is 0.278. The van der Waals surface area contributed by atoms with Crippen molar-refractivity contribution in [2.24, 2.45) is 0 Å². The van der Waals surface area contributed by atoms with Crippen molar-refractivity contribution in [3.63, 3.8) is 0 Å². The largest absolute Gasteiger partial charge is 0.456 e. The van der Waals surface area contributed by atoms with Crippen LogP contribution in [-0.2, 0) is 5.41 Å². The zero-order chi connectivity index (χ0) is 14.8. The second-order valence-electron chi connectivity index (χ2n) is 5.99. The van der Waals surface area contributed by atoms with E-state index in [1.54, 1.807) is 6.07 Å². The summed E-state index contributed by atoms with van der Waals surface area (Å²) in [5, 5.41) is 9.14. The molecule has 0 unspecified atom stereocenters. The van der Waals surface area contributed by atoms with E-state index in [1.165, 1.54) is 5.56 Å². The highest BCUT2D eigenvalue weighted by Crippen LogP contribution is 2.30. The van der Waals surface area contributed by atoms with Gasteiger partial charge in [-0.15, -0.1) is 0 Å². The van der Waals surface area contributed by atoms with Gasteiger partial charge in [-0.2, -0.15) is 5.26 Å². The molecule has 102 valence electrons. The Labute approximate surface area is 120 Å². The summed E-state index contributed by atoms with van der Waals surface area (Å²) in [6, 6.07) is 15.8. The smallest absolute Gasteiger partial charge is 0.145 e. The van der Waals surface area contributed by atoms with Gasteiger partial charge >= 0.3 is 0 Å². The lowest BCUT2D eigenvalue weighted by Gasteiger charge is -2.19. The zero-order valence-electron chi connectivity index (χ0n) is 12.4. The van der Waals surface area contributed by atoms with E-state index < -0.39 is 0 Å². The summed E-state index contributed by atoms with van der Waals surface area (Å²) in [5.74, 6) is 1.37. The highest BCUT2D eigenvalue weighted by Gasteiger charge is 2.14. The van der Waals surface area contributed by atoms with Crippen LogP contribution >= 0.6 is 0 Å². The highest BCUT2D eigenvalue weighted by atomic mass is 16.5. The molecule has 0 aromatic heterocycles. The van der Waals surface area contributed by atoms with E-state index in [2.05, 4.69) is 32.9 Å². The standard InChI is InChI=1S/C18H19NO/c1-13-8-9-14(12-19)17(10-13)20-16-7-5-6-15(11-16)18(2,3)4/h5-11H,1-4H3. The van der Waals surface area contributed by atoms with Gasteiger partial charge in [0.05, 0.1) is 5.56 Å². The molecule has 2 aromatic carbocycles. The first-order chi connectivity index (χ1) is 9.40. The first-order valence-electron chi connectivity index (χ1n) is 6.69. The van der Waals surface area contributed by atoms with E-state index >= 15 is 0 Å². The SMILES string of the molecule is Cc1ccc(C#N)c(Oc2cccc(C(C)(C)C)c2)c1. The molecule has 2 heteroatoms. The van der Waals surface area contributed by atoms with Gasteiger partial charge in [-0.05, 0) is 47.7 Å². The van der Waals surface area contributed by atoms with Crippen LogP contribution in [-0.4, -0.2) is 0 Å². The van der Waals surface area contributed by atoms with E-state index in [4.69, 9.17) is 10.00 Å². The van der Waals surface area contributed by atoms with Crippen molar-refractivity contribution in [3.8, 4) is 17.6 Å². The lowest BCUT2D eigenvalue weighted by atomic mass is 9.87. The van der Waals surface area contributed by atoms with Crippen molar-refractivity contribution in [3.05, 3.63) is 59.2 Å². The summed E-state index contributed by atoms with van der Waals surface area (Å²) >= 11 is 0. The maximum atomic E-state index is 9.14. The van der Waals surface area contributed by atoms with Crippen molar-refractivity contribution < 1.29 is 4.74 Å². The molecule has 0 saturated carbocycles. The minimum Gasteiger partial charge on any atom is -0.456 e. The monoisotopic (exact) mass is 265 g/mol. The molecule has 0 fully saturated rings. The van der Waals surface area contributed by atoms with Crippen molar-refractivity contribution in [1.29, 1.82) is 5.26 Å². The normalized spacial score (nSPS) is 10.9. The number of nitriles is 1. The molecule has 0 heterocycles. The topological polar surface area (TPSA) is 33.0 Å². The van der Waals surface area contributed by atoms with Crippen LogP contribution < -0.4 is 4.74 Å². The first-order valence-corrected chi connectivity index (χ1v) is 6.69. The average Bonchev–Trinajstić information content (AvgIpc) is 2.38. The van der Waals surface area contributed by atoms with E-state index in [0.29, 0.717) is 11.3 Å². The molecule has 0 saturated heterocycles. The number of hydrogen-bond acceptors (Lipinski definition) is 2. The number of nitrogens with zero attached hydrogens (tertiary/aromatic N) is 1. The van der Waals surface area contributed by atoms with Gasteiger partial charge in [0.15, 0.2) is 0 Å². The number of hydrogen-bond donors (Lipinski definition) is 0. The number of aryl methyl sites for hydroxylation is 1. The third-order valence-corrected chi connectivity index (χ3v) is 3.19. The van der Waals surface area contributed by atoms with Crippen LogP contribution in [0.1, 0.15) is 37.5 Å². The van der Waals surface area contributed by atoms with E-state index in [1.807, 2.05) is 37.3 Å². The van der Waals surface area contributed by atoms with Gasteiger partial charge in [0.1, 0.15) is 17.6 Å². The summed E-state index contributed by atoms with van der Waals surface area (Å²) in [5.41, 5.74) is 2.91. The van der Waals surface area contributed by atoms with E-state index in [0.717, 1.165) is 11.3 Å². The molecule has 0 bridgehead atoms. The molecule has 0 radical (unpaired) electrons. The molecule has 2 nitrogen and oxygen atoms in total. The Morgan fingerprint density at radius 1 is 1.05 bits per heavy atom. The Morgan fingerprint density at radius 3 is 2.45 bits per heavy atom. The highest BCUT2D eigenvalue weighted by molar-refractivity contribution is 5.47. The summed E-state index contributed by atoms with van der Waals surface area (Å²) in [7, 11) is 0. The fourth-order valence-electron chi connectivity index (χ4n) is 1.96. The molecule has 0 aliphatic rings. The quantitative estimate of drug-likeness (QED) is 0.769. The van der Waals surface area contributed by atoms with Crippen LogP contribution in [0.25, 0.3) is 0 Å². The van der Waals surface area contributed by atoms with Crippen LogP contribution in [0.4, 0.5) is 0 Å². The van der Waals surface area contributed by atoms with Gasteiger partial charge in [-0.1, -0.05) is 39.0 Å². The maximum Gasteiger partial charge on any atom is 0.145 e. The molecule has 0 atom stereocenters. The molecular weight excluding hydrogens is 246 g/mol. The first kappa shape index (κ1) is 14.1. The molecule has 20 heavy (non-hydrogen) atoms. The maximum absolute atomic E-state index is 9.14. The molecule has 0 spiro atoms. The van der Waals surface area contributed by atoms with Crippen molar-refractivity contribution in [1.82, 2.24) is 0 Å². The van der Waals surface area contributed by atoms with Crippen molar-refractivity contribution >= 4 is 0 Å². The second kappa shape index (κ2) is 5.38. The molecule has 0 amide bonds. The van der Waals surface area contributed by atoms with Crippen molar-refractivity contribution in [2.45, 2.75) is 33.1 Å². The zero-order valence-corrected chi connectivity index (χ0v) is 12.4. The lowest BCUT2D eigenvalue weighted by molar-refractivity contribution is 0.476. The van der Waals surface area contributed by atoms with Gasteiger partial charge < -0.3 is 4.74 Å². The number of ether oxygens (including phenoxy) is 1. The predicted octanol–water partition coefficient (Wildman–Crippen LogP) is 4.96. The van der Waals surface area contributed by atoms with Gasteiger partial charge in [0, 0.05) is 0 Å². The Bertz CT molecular complexity index is 660. The van der Waals surface area contributed by atoms with Gasteiger partial charge in [0.2, 0.25) is 0 Å². The minimum absolute atomic E-state index is 0.0734. The number of benzene rings is 2. The summed E-state index contributed by atoms with van der Waals surface area (Å²) < 4.78 is 5.89. The Balaban J connectivity index is 2.36. The van der Waals surface area contributed by atoms with Gasteiger partial charge in [-0.25, -0.2) is 0 Å². The van der Waals surface area contributed by atoms with E-state index in [-0.39, 0.29) is 5.41 Å². The summed E-state index contributed by atoms with van der Waals surface area (Å²) in [6.07, 6.45) is 0. The van der Waals surface area contributed by atoms with Crippen molar-refractivity contribution in [2.75, 3.05) is 0 Å². The van der Waals surface area contributed by atoms with Crippen LogP contribution in [0.3, 0.4) is 0 Å². The lowest BCUT2D eigenvalue weighted by Crippen LogP contribution is -2.10. The fourth-order valence-corrected chi connectivity index (χ4v) is 1.96. The third kappa shape index (κ3) is 3.19. The van der Waals surface area contributed by atoms with E-state index in [9.17, 15) is 0 Å². The van der Waals surface area contributed by atoms with Crippen LogP contribution in [0.2, 0.25) is 0 Å². The molecule has 0 N–H and O–H groups in total. The van der Waals surface area contributed by atoms with Crippen LogP contribution in [0, 0.1) is 18.3 Å². The Kier molecular flexibility index (Phi) is 3.81. The minimum atomic E-state index is 0.0734. The summed E-state index contributed by atoms with van der Waals surface area (Å²) in [6.45, 7) is 8.48. The number of rotatable bonds is 2. The average molecular weight is 265 g/mol. The van der Waals surface area contributed by atoms with Gasteiger partial charge in [0.25, 0.3) is 0 Å². The van der Waals surface area contributed by atoms with Crippen LogP contribution in [0.15, 0.2) is 42.5 Å². The predicted molar refractivity (Wildman–Crippen MR) is 81.1 cm³/mol. The molecule has 2 rings (SSSR count).